The first-order valence-corrected chi connectivity index (χ1v) is 21.8. The van der Waals surface area contributed by atoms with Crippen molar-refractivity contribution in [2.75, 3.05) is 13.2 Å². The molecule has 0 bridgehead atoms. The number of benzene rings is 2. The van der Waals surface area contributed by atoms with Crippen LogP contribution in [0.1, 0.15) is 114 Å². The fraction of sp³-hybridized carbons (Fsp3) is 0.606. The fourth-order valence-electron chi connectivity index (χ4n) is 4.90. The summed E-state index contributed by atoms with van der Waals surface area (Å²) in [5.74, 6) is 0. The lowest BCUT2D eigenvalue weighted by Crippen LogP contribution is -2.09. The van der Waals surface area contributed by atoms with Crippen molar-refractivity contribution in [3.05, 3.63) is 56.8 Å². The molecule has 0 amide bonds. The summed E-state index contributed by atoms with van der Waals surface area (Å²) in [5, 5.41) is 0. The standard InChI is InChI=1S/C33H44I6O3/c34-25-21-29(36)27(30(37)22-25)17-13-9-5-1-3-7-11-15-19-41-33(40)42-20-16-12-8-4-2-6-10-14-18-28-31(38)23-26(35)24-32(28)39/h21-24H,1-20H2. The number of carbonyl (C=O) groups excluding carboxylic acids is 1. The van der Waals surface area contributed by atoms with Crippen LogP contribution < -0.4 is 0 Å². The van der Waals surface area contributed by atoms with E-state index >= 15 is 0 Å². The highest BCUT2D eigenvalue weighted by Gasteiger charge is 2.08. The molecule has 9 heteroatoms. The molecule has 0 heterocycles. The Kier molecular flexibility index (Phi) is 24.1. The molecule has 0 saturated heterocycles. The van der Waals surface area contributed by atoms with Gasteiger partial charge >= 0.3 is 6.16 Å². The molecule has 0 unspecified atom stereocenters. The van der Waals surface area contributed by atoms with E-state index in [9.17, 15) is 4.79 Å². The van der Waals surface area contributed by atoms with Gasteiger partial charge in [0.2, 0.25) is 0 Å². The molecule has 0 atom stereocenters. The molecule has 236 valence electrons. The number of hydrogen-bond acceptors (Lipinski definition) is 3. The summed E-state index contributed by atoms with van der Waals surface area (Å²) in [5.41, 5.74) is 3.04. The molecule has 42 heavy (non-hydrogen) atoms. The second-order valence-corrected chi connectivity index (χ2v) is 17.9. The number of ether oxygens (including phenoxy) is 2. The number of hydrogen-bond donors (Lipinski definition) is 0. The number of carbonyl (C=O) groups is 1. The number of halogens is 6. The number of rotatable bonds is 22. The lowest BCUT2D eigenvalue weighted by Gasteiger charge is -2.09. The van der Waals surface area contributed by atoms with E-state index < -0.39 is 6.16 Å². The molecular weight excluding hydrogens is 1210 g/mol. The Labute approximate surface area is 336 Å². The highest BCUT2D eigenvalue weighted by molar-refractivity contribution is 14.1. The van der Waals surface area contributed by atoms with Crippen LogP contribution in [0.4, 0.5) is 4.79 Å². The summed E-state index contributed by atoms with van der Waals surface area (Å²) < 4.78 is 18.7. The summed E-state index contributed by atoms with van der Waals surface area (Å²) in [4.78, 5) is 11.8. The van der Waals surface area contributed by atoms with Gasteiger partial charge in [-0.05, 0) is 209 Å². The van der Waals surface area contributed by atoms with Crippen LogP contribution in [0.3, 0.4) is 0 Å². The molecule has 0 aliphatic carbocycles. The van der Waals surface area contributed by atoms with E-state index in [4.69, 9.17) is 9.47 Å². The molecule has 0 aliphatic rings. The summed E-state index contributed by atoms with van der Waals surface area (Å²) in [7, 11) is 0. The molecular formula is C33H44I6O3. The quantitative estimate of drug-likeness (QED) is 0.0670. The smallest absolute Gasteiger partial charge is 0.434 e. The predicted octanol–water partition coefficient (Wildman–Crippen LogP) is 13.5. The monoisotopic (exact) mass is 1250 g/mol. The minimum atomic E-state index is -0.495. The third-order valence-electron chi connectivity index (χ3n) is 7.29. The first kappa shape index (κ1) is 40.3. The average Bonchev–Trinajstić information content (AvgIpc) is 2.92. The van der Waals surface area contributed by atoms with E-state index in [0.29, 0.717) is 13.2 Å². The van der Waals surface area contributed by atoms with Crippen molar-refractivity contribution < 1.29 is 14.3 Å². The lowest BCUT2D eigenvalue weighted by atomic mass is 10.0. The van der Waals surface area contributed by atoms with Gasteiger partial charge in [-0.1, -0.05) is 77.0 Å². The van der Waals surface area contributed by atoms with E-state index in [1.54, 1.807) is 0 Å². The molecule has 0 aliphatic heterocycles. The normalized spacial score (nSPS) is 11.2. The Morgan fingerprint density at radius 1 is 0.429 bits per heavy atom. The Morgan fingerprint density at radius 2 is 0.690 bits per heavy atom. The minimum Gasteiger partial charge on any atom is -0.434 e. The number of unbranched alkanes of at least 4 members (excludes halogenated alkanes) is 14. The first-order chi connectivity index (χ1) is 20.3. The van der Waals surface area contributed by atoms with Crippen molar-refractivity contribution in [2.45, 2.75) is 116 Å². The molecule has 3 nitrogen and oxygen atoms in total. The van der Waals surface area contributed by atoms with Crippen LogP contribution in [-0.2, 0) is 22.3 Å². The van der Waals surface area contributed by atoms with Crippen LogP contribution in [0.2, 0.25) is 0 Å². The Balaban J connectivity index is 1.31. The maximum absolute atomic E-state index is 11.8. The highest BCUT2D eigenvalue weighted by Crippen LogP contribution is 2.26. The second-order valence-electron chi connectivity index (χ2n) is 10.8. The van der Waals surface area contributed by atoms with Crippen LogP contribution in [-0.4, -0.2) is 19.4 Å². The van der Waals surface area contributed by atoms with Gasteiger partial charge < -0.3 is 9.47 Å². The van der Waals surface area contributed by atoms with Crippen LogP contribution in [0.15, 0.2) is 24.3 Å². The molecule has 0 saturated carbocycles. The van der Waals surface area contributed by atoms with Crippen molar-refractivity contribution in [3.63, 3.8) is 0 Å². The average molecular weight is 1250 g/mol. The van der Waals surface area contributed by atoms with Gasteiger partial charge in [0.05, 0.1) is 13.2 Å². The maximum Gasteiger partial charge on any atom is 0.508 e. The van der Waals surface area contributed by atoms with Crippen molar-refractivity contribution >= 4 is 142 Å². The van der Waals surface area contributed by atoms with Crippen molar-refractivity contribution in [1.82, 2.24) is 0 Å². The molecule has 2 rings (SSSR count). The van der Waals surface area contributed by atoms with Gasteiger partial charge in [-0.15, -0.1) is 0 Å². The molecule has 2 aromatic carbocycles. The van der Waals surface area contributed by atoms with E-state index in [1.807, 2.05) is 0 Å². The Morgan fingerprint density at radius 3 is 1.00 bits per heavy atom. The van der Waals surface area contributed by atoms with Crippen LogP contribution in [0.25, 0.3) is 0 Å². The van der Waals surface area contributed by atoms with Gasteiger partial charge in [-0.2, -0.15) is 0 Å². The zero-order valence-electron chi connectivity index (χ0n) is 24.4. The molecule has 0 N–H and O–H groups in total. The highest BCUT2D eigenvalue weighted by atomic mass is 127. The van der Waals surface area contributed by atoms with E-state index in [-0.39, 0.29) is 0 Å². The molecule has 0 fully saturated rings. The van der Waals surface area contributed by atoms with Gasteiger partial charge in [-0.3, -0.25) is 0 Å². The largest absolute Gasteiger partial charge is 0.508 e. The van der Waals surface area contributed by atoms with Crippen molar-refractivity contribution in [2.24, 2.45) is 0 Å². The molecule has 0 radical (unpaired) electrons. The van der Waals surface area contributed by atoms with Crippen molar-refractivity contribution in [3.8, 4) is 0 Å². The van der Waals surface area contributed by atoms with Gasteiger partial charge in [0.15, 0.2) is 0 Å². The second kappa shape index (κ2) is 25.2. The first-order valence-electron chi connectivity index (χ1n) is 15.3. The molecule has 0 aromatic heterocycles. The zero-order valence-corrected chi connectivity index (χ0v) is 37.4. The van der Waals surface area contributed by atoms with E-state index in [2.05, 4.69) is 160 Å². The Hall–Kier alpha value is 2.09. The topological polar surface area (TPSA) is 35.5 Å². The van der Waals surface area contributed by atoms with Crippen LogP contribution >= 0.6 is 136 Å². The van der Waals surface area contributed by atoms with Gasteiger partial charge in [-0.25, -0.2) is 4.79 Å². The Bertz CT molecular complexity index is 935. The zero-order chi connectivity index (χ0) is 30.6. The summed E-state index contributed by atoms with van der Waals surface area (Å²) in [6.07, 6.45) is 21.4. The van der Waals surface area contributed by atoms with E-state index in [1.165, 1.54) is 122 Å². The van der Waals surface area contributed by atoms with E-state index in [0.717, 1.165) is 25.7 Å². The minimum absolute atomic E-state index is 0.480. The summed E-state index contributed by atoms with van der Waals surface area (Å²) in [6.45, 7) is 0.960. The van der Waals surface area contributed by atoms with Gasteiger partial charge in [0, 0.05) is 21.4 Å². The maximum atomic E-state index is 11.8. The van der Waals surface area contributed by atoms with Gasteiger partial charge in [0.1, 0.15) is 0 Å². The molecule has 2 aromatic rings. The van der Waals surface area contributed by atoms with Crippen LogP contribution in [0, 0.1) is 21.4 Å². The van der Waals surface area contributed by atoms with Crippen molar-refractivity contribution in [1.29, 1.82) is 0 Å². The predicted molar refractivity (Wildman–Crippen MR) is 228 cm³/mol. The SMILES string of the molecule is O=C(OCCCCCCCCCCc1c(I)cc(I)cc1I)OCCCCCCCCCCc1c(I)cc(I)cc1I. The summed E-state index contributed by atoms with van der Waals surface area (Å²) >= 11 is 14.7. The third kappa shape index (κ3) is 18.4. The lowest BCUT2D eigenvalue weighted by molar-refractivity contribution is 0.0529. The summed E-state index contributed by atoms with van der Waals surface area (Å²) in [6, 6.07) is 9.12. The fourth-order valence-corrected chi connectivity index (χ4v) is 13.1. The van der Waals surface area contributed by atoms with Gasteiger partial charge in [0.25, 0.3) is 0 Å². The third-order valence-corrected chi connectivity index (χ3v) is 12.4. The molecule has 0 spiro atoms. The van der Waals surface area contributed by atoms with Crippen LogP contribution in [0.5, 0.6) is 0 Å².